The molecule has 21 heavy (non-hydrogen) atoms. The Bertz CT molecular complexity index is 269. The predicted molar refractivity (Wildman–Crippen MR) is 88.5 cm³/mol. The van der Waals surface area contributed by atoms with Crippen molar-refractivity contribution < 1.29 is 18.5 Å². The molecule has 128 valence electrons. The van der Waals surface area contributed by atoms with Gasteiger partial charge < -0.3 is 4.89 Å². The van der Waals surface area contributed by atoms with Crippen molar-refractivity contribution in [3.8, 4) is 0 Å². The van der Waals surface area contributed by atoms with E-state index >= 15 is 0 Å². The van der Waals surface area contributed by atoms with E-state index in [4.69, 9.17) is 9.05 Å². The summed E-state index contributed by atoms with van der Waals surface area (Å²) >= 11 is 0. The van der Waals surface area contributed by atoms with Crippen LogP contribution in [0.4, 0.5) is 0 Å². The van der Waals surface area contributed by atoms with Crippen molar-refractivity contribution >= 4 is 7.82 Å². The molecule has 0 saturated carbocycles. The van der Waals surface area contributed by atoms with E-state index in [1.54, 1.807) is 13.8 Å². The molecular formula is C16H35O4P. The fourth-order valence-electron chi connectivity index (χ4n) is 2.24. The minimum atomic E-state index is -3.83. The topological polar surface area (TPSA) is 55.8 Å². The molecule has 0 aliphatic heterocycles. The highest BCUT2D eigenvalue weighted by atomic mass is 31.2. The lowest BCUT2D eigenvalue weighted by Crippen LogP contribution is -2.03. The van der Waals surface area contributed by atoms with Crippen LogP contribution in [0, 0.1) is 0 Å². The second kappa shape index (κ2) is 13.8. The van der Waals surface area contributed by atoms with Gasteiger partial charge in [-0.15, -0.1) is 0 Å². The van der Waals surface area contributed by atoms with Crippen LogP contribution in [0.3, 0.4) is 0 Å². The van der Waals surface area contributed by atoms with Gasteiger partial charge in [-0.2, -0.15) is 0 Å². The number of hydrogen-bond donors (Lipinski definition) is 1. The molecule has 5 heteroatoms. The smallest absolute Gasteiger partial charge is 0.302 e. The summed E-state index contributed by atoms with van der Waals surface area (Å²) in [5.74, 6) is 0. The van der Waals surface area contributed by atoms with Crippen LogP contribution in [0.5, 0.6) is 0 Å². The molecule has 0 aliphatic rings. The highest BCUT2D eigenvalue weighted by molar-refractivity contribution is 7.47. The molecule has 1 atom stereocenters. The zero-order valence-electron chi connectivity index (χ0n) is 14.2. The minimum absolute atomic E-state index is 0.293. The first-order valence-corrected chi connectivity index (χ1v) is 10.1. The number of phosphoric ester groups is 1. The van der Waals surface area contributed by atoms with Gasteiger partial charge in [0, 0.05) is 0 Å². The molecule has 0 radical (unpaired) electrons. The molecule has 4 nitrogen and oxygen atoms in total. The number of hydrogen-bond acceptors (Lipinski definition) is 3. The van der Waals surface area contributed by atoms with Gasteiger partial charge in [0.1, 0.15) is 0 Å². The lowest BCUT2D eigenvalue weighted by Gasteiger charge is -2.14. The van der Waals surface area contributed by atoms with Gasteiger partial charge in [0.25, 0.3) is 0 Å². The SMILES string of the molecule is CCCCCCCCCCCCCOP(=O)(O)OC(C)C. The fourth-order valence-corrected chi connectivity index (χ4v) is 3.20. The maximum absolute atomic E-state index is 11.4. The molecule has 0 aromatic rings. The van der Waals surface area contributed by atoms with Crippen LogP contribution in [0.25, 0.3) is 0 Å². The van der Waals surface area contributed by atoms with Gasteiger partial charge in [-0.25, -0.2) is 4.57 Å². The molecule has 0 fully saturated rings. The lowest BCUT2D eigenvalue weighted by atomic mass is 10.1. The summed E-state index contributed by atoms with van der Waals surface area (Å²) in [5, 5.41) is 0. The standard InChI is InChI=1S/C16H35O4P/c1-4-5-6-7-8-9-10-11-12-13-14-15-19-21(17,18)20-16(2)3/h16H,4-15H2,1-3H3,(H,17,18). The molecule has 1 N–H and O–H groups in total. The first-order chi connectivity index (χ1) is 9.98. The largest absolute Gasteiger partial charge is 0.472 e. The molecule has 0 spiro atoms. The van der Waals surface area contributed by atoms with Gasteiger partial charge in [-0.1, -0.05) is 71.1 Å². The van der Waals surface area contributed by atoms with E-state index in [1.165, 1.54) is 57.8 Å². The van der Waals surface area contributed by atoms with E-state index in [9.17, 15) is 9.46 Å². The average molecular weight is 322 g/mol. The van der Waals surface area contributed by atoms with Crippen LogP contribution in [0.2, 0.25) is 0 Å². The van der Waals surface area contributed by atoms with Crippen LogP contribution >= 0.6 is 7.82 Å². The van der Waals surface area contributed by atoms with Gasteiger partial charge >= 0.3 is 7.82 Å². The molecular weight excluding hydrogens is 287 g/mol. The van der Waals surface area contributed by atoms with Crippen LogP contribution in [-0.4, -0.2) is 17.6 Å². The van der Waals surface area contributed by atoms with Crippen molar-refractivity contribution in [1.29, 1.82) is 0 Å². The van der Waals surface area contributed by atoms with E-state index in [1.807, 2.05) is 0 Å². The second-order valence-corrected chi connectivity index (χ2v) is 7.40. The maximum Gasteiger partial charge on any atom is 0.472 e. The Hall–Kier alpha value is 0.110. The first kappa shape index (κ1) is 21.1. The highest BCUT2D eigenvalue weighted by Gasteiger charge is 2.21. The third kappa shape index (κ3) is 16.3. The van der Waals surface area contributed by atoms with Crippen molar-refractivity contribution in [1.82, 2.24) is 0 Å². The highest BCUT2D eigenvalue weighted by Crippen LogP contribution is 2.44. The zero-order chi connectivity index (χ0) is 16.0. The third-order valence-corrected chi connectivity index (χ3v) is 4.54. The number of unbranched alkanes of at least 4 members (excludes halogenated alkanes) is 10. The van der Waals surface area contributed by atoms with Crippen LogP contribution in [0.15, 0.2) is 0 Å². The summed E-state index contributed by atoms with van der Waals surface area (Å²) in [6, 6.07) is 0. The zero-order valence-corrected chi connectivity index (χ0v) is 15.1. The van der Waals surface area contributed by atoms with E-state index in [2.05, 4.69) is 6.92 Å². The van der Waals surface area contributed by atoms with Crippen molar-refractivity contribution in [2.24, 2.45) is 0 Å². The molecule has 0 bridgehead atoms. The number of rotatable bonds is 15. The third-order valence-electron chi connectivity index (χ3n) is 3.35. The van der Waals surface area contributed by atoms with Crippen LogP contribution in [0.1, 0.15) is 91.4 Å². The molecule has 0 aliphatic carbocycles. The average Bonchev–Trinajstić information content (AvgIpc) is 2.38. The molecule has 0 aromatic carbocycles. The normalized spacial score (nSPS) is 14.5. The second-order valence-electron chi connectivity index (χ2n) is 5.99. The molecule has 0 aromatic heterocycles. The number of phosphoric acid groups is 1. The summed E-state index contributed by atoms with van der Waals surface area (Å²) in [6.45, 7) is 5.98. The predicted octanol–water partition coefficient (Wildman–Crippen LogP) is 5.84. The maximum atomic E-state index is 11.4. The van der Waals surface area contributed by atoms with Crippen molar-refractivity contribution in [2.75, 3.05) is 6.61 Å². The van der Waals surface area contributed by atoms with E-state index in [-0.39, 0.29) is 6.10 Å². The van der Waals surface area contributed by atoms with Gasteiger partial charge in [0.15, 0.2) is 0 Å². The summed E-state index contributed by atoms with van der Waals surface area (Å²) in [7, 11) is -3.83. The van der Waals surface area contributed by atoms with E-state index in [0.29, 0.717) is 6.61 Å². The van der Waals surface area contributed by atoms with Crippen molar-refractivity contribution in [3.05, 3.63) is 0 Å². The van der Waals surface area contributed by atoms with Crippen molar-refractivity contribution in [3.63, 3.8) is 0 Å². The Morgan fingerprint density at radius 3 is 1.71 bits per heavy atom. The summed E-state index contributed by atoms with van der Waals surface area (Å²) in [6.07, 6.45) is 13.5. The summed E-state index contributed by atoms with van der Waals surface area (Å²) in [5.41, 5.74) is 0. The van der Waals surface area contributed by atoms with E-state index < -0.39 is 7.82 Å². The van der Waals surface area contributed by atoms with Crippen LogP contribution < -0.4 is 0 Å². The van der Waals surface area contributed by atoms with Gasteiger partial charge in [0.2, 0.25) is 0 Å². The summed E-state index contributed by atoms with van der Waals surface area (Å²) in [4.78, 5) is 9.36. The van der Waals surface area contributed by atoms with Gasteiger partial charge in [-0.3, -0.25) is 9.05 Å². The monoisotopic (exact) mass is 322 g/mol. The first-order valence-electron chi connectivity index (χ1n) is 8.63. The molecule has 0 saturated heterocycles. The Labute approximate surface area is 131 Å². The van der Waals surface area contributed by atoms with Crippen molar-refractivity contribution in [2.45, 2.75) is 97.5 Å². The molecule has 0 rings (SSSR count). The Morgan fingerprint density at radius 1 is 0.857 bits per heavy atom. The molecule has 0 heterocycles. The summed E-state index contributed by atoms with van der Waals surface area (Å²) < 4.78 is 21.2. The van der Waals surface area contributed by atoms with Gasteiger partial charge in [0.05, 0.1) is 12.7 Å². The Morgan fingerprint density at radius 2 is 1.29 bits per heavy atom. The Kier molecular flexibility index (Phi) is 13.8. The van der Waals surface area contributed by atoms with Crippen LogP contribution in [-0.2, 0) is 13.6 Å². The Balaban J connectivity index is 3.24. The molecule has 0 amide bonds. The molecule has 1 unspecified atom stereocenters. The van der Waals surface area contributed by atoms with E-state index in [0.717, 1.165) is 12.8 Å². The fraction of sp³-hybridized carbons (Fsp3) is 1.00. The minimum Gasteiger partial charge on any atom is -0.302 e. The lowest BCUT2D eigenvalue weighted by molar-refractivity contribution is 0.119. The van der Waals surface area contributed by atoms with Gasteiger partial charge in [-0.05, 0) is 20.3 Å². The quantitative estimate of drug-likeness (QED) is 0.304.